The first-order chi connectivity index (χ1) is 10.1. The van der Waals surface area contributed by atoms with Gasteiger partial charge in [-0.25, -0.2) is 10.8 Å². The molecule has 1 amide bonds. The third-order valence-corrected chi connectivity index (χ3v) is 3.49. The van der Waals surface area contributed by atoms with Gasteiger partial charge in [0.1, 0.15) is 0 Å². The van der Waals surface area contributed by atoms with E-state index in [0.29, 0.717) is 12.3 Å². The third kappa shape index (κ3) is 2.38. The average molecular weight is 285 g/mol. The molecule has 0 saturated heterocycles. The number of aromatic nitrogens is 3. The summed E-state index contributed by atoms with van der Waals surface area (Å²) in [5, 5.41) is 3.68. The molecule has 7 nitrogen and oxygen atoms in total. The number of imidazole rings is 1. The molecule has 0 spiro atoms. The van der Waals surface area contributed by atoms with Crippen molar-refractivity contribution in [3.8, 4) is 0 Å². The van der Waals surface area contributed by atoms with Gasteiger partial charge in [0.15, 0.2) is 11.5 Å². The van der Waals surface area contributed by atoms with E-state index in [0.717, 1.165) is 11.0 Å². The van der Waals surface area contributed by atoms with Gasteiger partial charge in [-0.2, -0.15) is 0 Å². The number of hydrogen-bond donors (Lipinski definition) is 2. The molecule has 3 N–H and O–H groups in total. The first-order valence-corrected chi connectivity index (χ1v) is 6.47. The standard InChI is InChI=1S/C14H15N5O2/c1-8-3-11-13(4-9(8)2)19(7-16-11)6-10-5-12(18-21-10)14(20)17-15/h3-5,7H,6,15H2,1-2H3,(H,17,20). The molecule has 0 aliphatic rings. The molecule has 2 heterocycles. The topological polar surface area (TPSA) is 99.0 Å². The van der Waals surface area contributed by atoms with Crippen molar-refractivity contribution >= 4 is 16.9 Å². The summed E-state index contributed by atoms with van der Waals surface area (Å²) in [4.78, 5) is 15.7. The normalized spacial score (nSPS) is 11.0. The van der Waals surface area contributed by atoms with E-state index in [1.807, 2.05) is 9.99 Å². The van der Waals surface area contributed by atoms with Crippen LogP contribution >= 0.6 is 0 Å². The lowest BCUT2D eigenvalue weighted by atomic mass is 10.1. The number of fused-ring (bicyclic) bond motifs is 1. The monoisotopic (exact) mass is 285 g/mol. The molecule has 0 aliphatic carbocycles. The van der Waals surface area contributed by atoms with Crippen LogP contribution < -0.4 is 11.3 Å². The number of nitrogens with zero attached hydrogens (tertiary/aromatic N) is 3. The van der Waals surface area contributed by atoms with Crippen LogP contribution in [-0.2, 0) is 6.54 Å². The van der Waals surface area contributed by atoms with E-state index in [4.69, 9.17) is 10.4 Å². The number of benzene rings is 1. The third-order valence-electron chi connectivity index (χ3n) is 3.49. The molecule has 0 fully saturated rings. The molecular formula is C14H15N5O2. The van der Waals surface area contributed by atoms with Crippen LogP contribution in [-0.4, -0.2) is 20.6 Å². The molecule has 0 saturated carbocycles. The highest BCUT2D eigenvalue weighted by atomic mass is 16.5. The fourth-order valence-electron chi connectivity index (χ4n) is 2.18. The van der Waals surface area contributed by atoms with Gasteiger partial charge in [-0.15, -0.1) is 0 Å². The van der Waals surface area contributed by atoms with E-state index in [1.165, 1.54) is 11.1 Å². The minimum Gasteiger partial charge on any atom is -0.359 e. The van der Waals surface area contributed by atoms with E-state index in [-0.39, 0.29) is 5.69 Å². The van der Waals surface area contributed by atoms with Crippen molar-refractivity contribution in [3.63, 3.8) is 0 Å². The van der Waals surface area contributed by atoms with Crippen LogP contribution in [0.15, 0.2) is 29.0 Å². The van der Waals surface area contributed by atoms with Crippen LogP contribution in [0, 0.1) is 13.8 Å². The number of rotatable bonds is 3. The number of nitrogens with one attached hydrogen (secondary N) is 1. The Morgan fingerprint density at radius 1 is 1.33 bits per heavy atom. The van der Waals surface area contributed by atoms with Crippen molar-refractivity contribution in [1.82, 2.24) is 20.1 Å². The maximum Gasteiger partial charge on any atom is 0.287 e. The number of amides is 1. The zero-order valence-electron chi connectivity index (χ0n) is 11.8. The van der Waals surface area contributed by atoms with Crippen LogP contribution in [0.25, 0.3) is 11.0 Å². The molecule has 0 atom stereocenters. The van der Waals surface area contributed by atoms with Gasteiger partial charge >= 0.3 is 0 Å². The molecule has 3 aromatic rings. The number of nitrogens with two attached hydrogens (primary N) is 1. The van der Waals surface area contributed by atoms with Crippen molar-refractivity contribution in [2.45, 2.75) is 20.4 Å². The quantitative estimate of drug-likeness (QED) is 0.429. The molecule has 0 unspecified atom stereocenters. The Hall–Kier alpha value is -2.67. The Morgan fingerprint density at radius 2 is 2.10 bits per heavy atom. The minimum atomic E-state index is -0.480. The van der Waals surface area contributed by atoms with Crippen LogP contribution in [0.2, 0.25) is 0 Å². The minimum absolute atomic E-state index is 0.156. The van der Waals surface area contributed by atoms with Crippen LogP contribution in [0.5, 0.6) is 0 Å². The van der Waals surface area contributed by atoms with Crippen molar-refractivity contribution in [1.29, 1.82) is 0 Å². The molecule has 21 heavy (non-hydrogen) atoms. The highest BCUT2D eigenvalue weighted by Gasteiger charge is 2.13. The molecule has 0 aliphatic heterocycles. The zero-order valence-corrected chi connectivity index (χ0v) is 11.8. The Kier molecular flexibility index (Phi) is 3.19. The van der Waals surface area contributed by atoms with Gasteiger partial charge in [0.2, 0.25) is 0 Å². The van der Waals surface area contributed by atoms with Gasteiger partial charge in [-0.1, -0.05) is 5.16 Å². The number of hydrazine groups is 1. The van der Waals surface area contributed by atoms with Gasteiger partial charge in [0.25, 0.3) is 5.91 Å². The molecule has 108 valence electrons. The largest absolute Gasteiger partial charge is 0.359 e. The number of nitrogen functional groups attached to an aromatic ring is 1. The predicted octanol–water partition coefficient (Wildman–Crippen LogP) is 1.29. The second-order valence-corrected chi connectivity index (χ2v) is 4.95. The molecular weight excluding hydrogens is 270 g/mol. The summed E-state index contributed by atoms with van der Waals surface area (Å²) < 4.78 is 7.10. The van der Waals surface area contributed by atoms with Gasteiger partial charge in [-0.05, 0) is 37.1 Å². The van der Waals surface area contributed by atoms with E-state index in [9.17, 15) is 4.79 Å². The van der Waals surface area contributed by atoms with Crippen LogP contribution in [0.3, 0.4) is 0 Å². The Balaban J connectivity index is 1.93. The van der Waals surface area contributed by atoms with E-state index in [2.05, 4.69) is 36.1 Å². The average Bonchev–Trinajstić information content (AvgIpc) is 3.08. The highest BCUT2D eigenvalue weighted by Crippen LogP contribution is 2.19. The summed E-state index contributed by atoms with van der Waals surface area (Å²) in [7, 11) is 0. The summed E-state index contributed by atoms with van der Waals surface area (Å²) >= 11 is 0. The fraction of sp³-hybridized carbons (Fsp3) is 0.214. The van der Waals surface area contributed by atoms with Gasteiger partial charge in [-0.3, -0.25) is 10.2 Å². The summed E-state index contributed by atoms with van der Waals surface area (Å²) in [6.07, 6.45) is 1.74. The maximum atomic E-state index is 11.3. The zero-order chi connectivity index (χ0) is 15.0. The Labute approximate surface area is 120 Å². The second kappa shape index (κ2) is 5.02. The molecule has 2 aromatic heterocycles. The van der Waals surface area contributed by atoms with Gasteiger partial charge in [0, 0.05) is 6.07 Å². The van der Waals surface area contributed by atoms with Crippen molar-refractivity contribution < 1.29 is 9.32 Å². The molecule has 0 bridgehead atoms. The highest BCUT2D eigenvalue weighted by molar-refractivity contribution is 5.91. The summed E-state index contributed by atoms with van der Waals surface area (Å²) in [6.45, 7) is 4.57. The SMILES string of the molecule is Cc1cc2ncn(Cc3cc(C(=O)NN)no3)c2cc1C. The molecule has 1 aromatic carbocycles. The maximum absolute atomic E-state index is 11.3. The summed E-state index contributed by atoms with van der Waals surface area (Å²) in [5.74, 6) is 5.14. The lowest BCUT2D eigenvalue weighted by Crippen LogP contribution is -2.30. The first-order valence-electron chi connectivity index (χ1n) is 6.47. The molecule has 3 rings (SSSR count). The van der Waals surface area contributed by atoms with Crippen molar-refractivity contribution in [2.75, 3.05) is 0 Å². The summed E-state index contributed by atoms with van der Waals surface area (Å²) in [5.41, 5.74) is 6.52. The number of carbonyl (C=O) groups excluding carboxylic acids is 1. The molecule has 0 radical (unpaired) electrons. The lowest BCUT2D eigenvalue weighted by molar-refractivity contribution is 0.0944. The van der Waals surface area contributed by atoms with Crippen molar-refractivity contribution in [3.05, 3.63) is 47.1 Å². The van der Waals surface area contributed by atoms with E-state index < -0.39 is 5.91 Å². The Morgan fingerprint density at radius 3 is 2.86 bits per heavy atom. The van der Waals surface area contributed by atoms with E-state index >= 15 is 0 Å². The van der Waals surface area contributed by atoms with Gasteiger partial charge < -0.3 is 9.09 Å². The van der Waals surface area contributed by atoms with E-state index in [1.54, 1.807) is 12.4 Å². The fourth-order valence-corrected chi connectivity index (χ4v) is 2.18. The predicted molar refractivity (Wildman–Crippen MR) is 76.5 cm³/mol. The number of hydrogen-bond acceptors (Lipinski definition) is 5. The van der Waals surface area contributed by atoms with Gasteiger partial charge in [0.05, 0.1) is 23.9 Å². The van der Waals surface area contributed by atoms with Crippen LogP contribution in [0.1, 0.15) is 27.4 Å². The van der Waals surface area contributed by atoms with Crippen LogP contribution in [0.4, 0.5) is 0 Å². The molecule has 7 heteroatoms. The summed E-state index contributed by atoms with van der Waals surface area (Å²) in [6, 6.07) is 5.70. The number of carbonyl (C=O) groups is 1. The number of aryl methyl sites for hydroxylation is 2. The first kappa shape index (κ1) is 13.3. The lowest BCUT2D eigenvalue weighted by Gasteiger charge is -2.03. The Bertz CT molecular complexity index is 818. The second-order valence-electron chi connectivity index (χ2n) is 4.95. The smallest absolute Gasteiger partial charge is 0.287 e. The van der Waals surface area contributed by atoms with Crippen molar-refractivity contribution in [2.24, 2.45) is 5.84 Å².